The standard InChI is InChI=1S/C25H26N4O2/c1-16-4-6-17(7-5-16)23-20-12-13-25(2,3)14-22(20)28(24(27)21(23)15-26)18-8-10-19(11-9-18)29(30)31/h4-11,23H,12-14,27H2,1-3H3/t23-/m1/s1. The van der Waals surface area contributed by atoms with Crippen molar-refractivity contribution in [3.8, 4) is 6.07 Å². The number of rotatable bonds is 3. The van der Waals surface area contributed by atoms with E-state index in [2.05, 4.69) is 44.2 Å². The molecule has 1 atom stereocenters. The van der Waals surface area contributed by atoms with Crippen LogP contribution in [0.3, 0.4) is 0 Å². The first kappa shape index (κ1) is 20.7. The fourth-order valence-electron chi connectivity index (χ4n) is 4.66. The summed E-state index contributed by atoms with van der Waals surface area (Å²) in [6.45, 7) is 6.53. The van der Waals surface area contributed by atoms with E-state index in [1.807, 2.05) is 11.8 Å². The molecule has 0 bridgehead atoms. The van der Waals surface area contributed by atoms with Crippen LogP contribution in [0.2, 0.25) is 0 Å². The lowest BCUT2D eigenvalue weighted by Gasteiger charge is -2.44. The molecule has 2 aliphatic rings. The molecule has 1 heterocycles. The van der Waals surface area contributed by atoms with E-state index in [9.17, 15) is 15.4 Å². The van der Waals surface area contributed by atoms with Gasteiger partial charge < -0.3 is 5.73 Å². The Morgan fingerprint density at radius 2 is 1.81 bits per heavy atom. The summed E-state index contributed by atoms with van der Waals surface area (Å²) >= 11 is 0. The number of allylic oxidation sites excluding steroid dienone is 3. The van der Waals surface area contributed by atoms with Gasteiger partial charge in [-0.25, -0.2) is 0 Å². The predicted molar refractivity (Wildman–Crippen MR) is 121 cm³/mol. The van der Waals surface area contributed by atoms with Gasteiger partial charge in [-0.3, -0.25) is 15.0 Å². The lowest BCUT2D eigenvalue weighted by Crippen LogP contribution is -2.39. The Bertz CT molecular complexity index is 1140. The van der Waals surface area contributed by atoms with Crippen LogP contribution in [0, 0.1) is 33.8 Å². The fourth-order valence-corrected chi connectivity index (χ4v) is 4.66. The van der Waals surface area contributed by atoms with Crippen LogP contribution in [0.4, 0.5) is 11.4 Å². The van der Waals surface area contributed by atoms with E-state index in [1.54, 1.807) is 12.1 Å². The third kappa shape index (κ3) is 3.68. The Kier molecular flexibility index (Phi) is 5.06. The van der Waals surface area contributed by atoms with Gasteiger partial charge >= 0.3 is 0 Å². The third-order valence-corrected chi connectivity index (χ3v) is 6.36. The molecule has 158 valence electrons. The summed E-state index contributed by atoms with van der Waals surface area (Å²) in [6, 6.07) is 17.0. The minimum absolute atomic E-state index is 0.0273. The molecule has 0 fully saturated rings. The number of nitro groups is 1. The highest BCUT2D eigenvalue weighted by atomic mass is 16.6. The van der Waals surface area contributed by atoms with Gasteiger partial charge in [-0.2, -0.15) is 5.26 Å². The molecule has 2 N–H and O–H groups in total. The molecule has 0 spiro atoms. The van der Waals surface area contributed by atoms with Crippen LogP contribution in [0.25, 0.3) is 0 Å². The topological polar surface area (TPSA) is 96.2 Å². The highest BCUT2D eigenvalue weighted by Gasteiger charge is 2.40. The monoisotopic (exact) mass is 414 g/mol. The average molecular weight is 415 g/mol. The van der Waals surface area contributed by atoms with Crippen molar-refractivity contribution < 1.29 is 4.92 Å². The summed E-state index contributed by atoms with van der Waals surface area (Å²) in [7, 11) is 0. The average Bonchev–Trinajstić information content (AvgIpc) is 2.73. The minimum atomic E-state index is -0.415. The molecule has 0 aromatic heterocycles. The second-order valence-electron chi connectivity index (χ2n) is 9.18. The Labute approximate surface area is 182 Å². The molecule has 1 aliphatic heterocycles. The van der Waals surface area contributed by atoms with Crippen molar-refractivity contribution in [2.45, 2.75) is 46.0 Å². The summed E-state index contributed by atoms with van der Waals surface area (Å²) in [5.74, 6) is 0.240. The second kappa shape index (κ2) is 7.59. The first-order valence-corrected chi connectivity index (χ1v) is 10.4. The molecule has 0 saturated heterocycles. The zero-order chi connectivity index (χ0) is 22.3. The van der Waals surface area contributed by atoms with Gasteiger partial charge in [0.05, 0.1) is 16.6 Å². The quantitative estimate of drug-likeness (QED) is 0.516. The first-order chi connectivity index (χ1) is 14.7. The molecule has 1 aliphatic carbocycles. The van der Waals surface area contributed by atoms with Crippen LogP contribution in [-0.2, 0) is 0 Å². The van der Waals surface area contributed by atoms with Gasteiger partial charge in [-0.05, 0) is 54.9 Å². The van der Waals surface area contributed by atoms with Crippen molar-refractivity contribution in [3.05, 3.63) is 92.4 Å². The minimum Gasteiger partial charge on any atom is -0.384 e. The maximum Gasteiger partial charge on any atom is 0.269 e. The fraction of sp³-hybridized carbons (Fsp3) is 0.320. The molecule has 6 nitrogen and oxygen atoms in total. The molecule has 6 heteroatoms. The highest BCUT2D eigenvalue weighted by Crippen LogP contribution is 2.51. The molecule has 0 amide bonds. The van der Waals surface area contributed by atoms with Crippen molar-refractivity contribution in [2.24, 2.45) is 11.1 Å². The van der Waals surface area contributed by atoms with E-state index in [4.69, 9.17) is 5.73 Å². The number of benzene rings is 2. The number of nitriles is 1. The summed E-state index contributed by atoms with van der Waals surface area (Å²) in [4.78, 5) is 12.6. The van der Waals surface area contributed by atoms with Gasteiger partial charge in [0.1, 0.15) is 5.82 Å². The molecule has 0 saturated carbocycles. The van der Waals surface area contributed by atoms with Crippen molar-refractivity contribution in [1.82, 2.24) is 0 Å². The largest absolute Gasteiger partial charge is 0.384 e. The van der Waals surface area contributed by atoms with Crippen LogP contribution in [-0.4, -0.2) is 4.92 Å². The molecule has 0 unspecified atom stereocenters. The van der Waals surface area contributed by atoms with Crippen LogP contribution in [0.1, 0.15) is 50.2 Å². The molecule has 4 rings (SSSR count). The Balaban J connectivity index is 1.90. The van der Waals surface area contributed by atoms with Gasteiger partial charge in [0, 0.05) is 29.4 Å². The third-order valence-electron chi connectivity index (χ3n) is 6.36. The number of hydrogen-bond donors (Lipinski definition) is 1. The van der Waals surface area contributed by atoms with E-state index in [0.29, 0.717) is 11.4 Å². The van der Waals surface area contributed by atoms with Crippen LogP contribution in [0.5, 0.6) is 0 Å². The summed E-state index contributed by atoms with van der Waals surface area (Å²) in [5.41, 5.74) is 12.6. The Morgan fingerprint density at radius 3 is 2.39 bits per heavy atom. The van der Waals surface area contributed by atoms with E-state index in [1.165, 1.54) is 23.3 Å². The predicted octanol–water partition coefficient (Wildman–Crippen LogP) is 5.67. The van der Waals surface area contributed by atoms with Crippen molar-refractivity contribution >= 4 is 11.4 Å². The van der Waals surface area contributed by atoms with Gasteiger partial charge in [-0.15, -0.1) is 0 Å². The smallest absolute Gasteiger partial charge is 0.269 e. The van der Waals surface area contributed by atoms with Gasteiger partial charge in [0.25, 0.3) is 5.69 Å². The number of anilines is 1. The number of aryl methyl sites for hydroxylation is 1. The van der Waals surface area contributed by atoms with Gasteiger partial charge in [-0.1, -0.05) is 43.7 Å². The number of non-ortho nitro benzene ring substituents is 1. The van der Waals surface area contributed by atoms with Crippen molar-refractivity contribution in [1.29, 1.82) is 5.26 Å². The zero-order valence-electron chi connectivity index (χ0n) is 18.1. The van der Waals surface area contributed by atoms with Crippen LogP contribution >= 0.6 is 0 Å². The molecular formula is C25H26N4O2. The summed E-state index contributed by atoms with van der Waals surface area (Å²) in [6.07, 6.45) is 2.73. The molecular weight excluding hydrogens is 388 g/mol. The molecule has 2 aromatic rings. The van der Waals surface area contributed by atoms with Gasteiger partial charge in [0.2, 0.25) is 0 Å². The normalized spacial score (nSPS) is 20.3. The van der Waals surface area contributed by atoms with Crippen LogP contribution in [0.15, 0.2) is 71.2 Å². The zero-order valence-corrected chi connectivity index (χ0v) is 18.1. The number of hydrogen-bond acceptors (Lipinski definition) is 5. The number of nitro benzene ring substituents is 1. The summed E-state index contributed by atoms with van der Waals surface area (Å²) < 4.78 is 0. The van der Waals surface area contributed by atoms with Crippen LogP contribution < -0.4 is 10.6 Å². The number of nitrogens with zero attached hydrogens (tertiary/aromatic N) is 3. The maximum atomic E-state index is 11.1. The van der Waals surface area contributed by atoms with E-state index >= 15 is 0 Å². The van der Waals surface area contributed by atoms with E-state index < -0.39 is 4.92 Å². The molecule has 31 heavy (non-hydrogen) atoms. The Morgan fingerprint density at radius 1 is 1.16 bits per heavy atom. The highest BCUT2D eigenvalue weighted by molar-refractivity contribution is 5.67. The molecule has 0 radical (unpaired) electrons. The summed E-state index contributed by atoms with van der Waals surface area (Å²) in [5, 5.41) is 21.2. The Hall–Kier alpha value is -3.59. The maximum absolute atomic E-state index is 11.1. The lowest BCUT2D eigenvalue weighted by molar-refractivity contribution is -0.384. The van der Waals surface area contributed by atoms with E-state index in [-0.39, 0.29) is 17.0 Å². The lowest BCUT2D eigenvalue weighted by atomic mass is 9.69. The van der Waals surface area contributed by atoms with Crippen molar-refractivity contribution in [3.63, 3.8) is 0 Å². The van der Waals surface area contributed by atoms with Gasteiger partial charge in [0.15, 0.2) is 0 Å². The molecule has 2 aromatic carbocycles. The number of nitrogens with two attached hydrogens (primary N) is 1. The van der Waals surface area contributed by atoms with Crippen molar-refractivity contribution in [2.75, 3.05) is 4.90 Å². The first-order valence-electron chi connectivity index (χ1n) is 10.4. The SMILES string of the molecule is Cc1ccc([C@H]2C(C#N)=C(N)N(c3ccc([N+](=O)[O-])cc3)C3=C2CCC(C)(C)C3)cc1. The van der Waals surface area contributed by atoms with E-state index in [0.717, 1.165) is 36.2 Å². The second-order valence-corrected chi connectivity index (χ2v) is 9.18.